The molecule has 1 amide bonds. The van der Waals surface area contributed by atoms with Gasteiger partial charge >= 0.3 is 7.12 Å². The molecule has 0 saturated carbocycles. The lowest BCUT2D eigenvalue weighted by atomic mass is 9.76. The van der Waals surface area contributed by atoms with E-state index in [1.54, 1.807) is 49.4 Å². The average Bonchev–Trinajstić information content (AvgIpc) is 3.08. The van der Waals surface area contributed by atoms with Crippen molar-refractivity contribution in [2.75, 3.05) is 7.11 Å². The molecule has 38 heavy (non-hydrogen) atoms. The van der Waals surface area contributed by atoms with E-state index in [4.69, 9.17) is 37.2 Å². The van der Waals surface area contributed by atoms with Crippen LogP contribution in [-0.2, 0) is 31.1 Å². The van der Waals surface area contributed by atoms with Crippen molar-refractivity contribution in [3.8, 4) is 0 Å². The normalized spacial score (nSPS) is 17.8. The van der Waals surface area contributed by atoms with E-state index < -0.39 is 29.9 Å². The molecule has 2 aromatic carbocycles. The second kappa shape index (κ2) is 10.6. The average molecular weight is 559 g/mol. The molecule has 1 aromatic heterocycles. The van der Waals surface area contributed by atoms with Crippen molar-refractivity contribution in [1.82, 2.24) is 9.88 Å². The minimum atomic E-state index is -1.64. The van der Waals surface area contributed by atoms with E-state index in [1.165, 1.54) is 24.3 Å². The third-order valence-electron chi connectivity index (χ3n) is 7.36. The van der Waals surface area contributed by atoms with Crippen LogP contribution in [0.1, 0.15) is 50.1 Å². The standard InChI is InChI=1S/C28H30BCl2FN2O4/c1-18-13-20(29-37-26(2,3)27(4,5)38-29)14-24(32)25(18)28(36-6,19-7-9-21(30)10-8-19)34(17-35)16-23-12-11-22(31)15-33-23/h7-15,17H,16H2,1-6H3. The molecule has 200 valence electrons. The van der Waals surface area contributed by atoms with Crippen LogP contribution < -0.4 is 5.46 Å². The van der Waals surface area contributed by atoms with Crippen molar-refractivity contribution in [2.45, 2.75) is 58.1 Å². The summed E-state index contributed by atoms with van der Waals surface area (Å²) in [6.07, 6.45) is 2.11. The van der Waals surface area contributed by atoms with Gasteiger partial charge in [-0.1, -0.05) is 41.4 Å². The summed E-state index contributed by atoms with van der Waals surface area (Å²) in [6.45, 7) is 9.54. The van der Waals surface area contributed by atoms with Crippen molar-refractivity contribution < 1.29 is 23.2 Å². The Labute approximate surface area is 233 Å². The molecule has 0 radical (unpaired) electrons. The van der Waals surface area contributed by atoms with Gasteiger partial charge in [-0.3, -0.25) is 9.78 Å². The number of aryl methyl sites for hydroxylation is 1. The second-order valence-electron chi connectivity index (χ2n) is 10.3. The fourth-order valence-corrected chi connectivity index (χ4v) is 4.92. The Bertz CT molecular complexity index is 1280. The number of hydrogen-bond acceptors (Lipinski definition) is 5. The third-order valence-corrected chi connectivity index (χ3v) is 7.83. The van der Waals surface area contributed by atoms with Gasteiger partial charge in [0.25, 0.3) is 0 Å². The van der Waals surface area contributed by atoms with E-state index in [0.717, 1.165) is 0 Å². The highest BCUT2D eigenvalue weighted by Gasteiger charge is 2.52. The van der Waals surface area contributed by atoms with Crippen LogP contribution in [0.25, 0.3) is 0 Å². The van der Waals surface area contributed by atoms with Gasteiger partial charge in [0.2, 0.25) is 6.41 Å². The van der Waals surface area contributed by atoms with Gasteiger partial charge in [0.1, 0.15) is 5.82 Å². The van der Waals surface area contributed by atoms with Crippen LogP contribution in [0.4, 0.5) is 4.39 Å². The molecule has 0 N–H and O–H groups in total. The molecule has 2 heterocycles. The SMILES string of the molecule is COC(c1ccc(Cl)cc1)(c1c(C)cc(B2OC(C)(C)C(C)(C)O2)cc1F)N(C=O)Cc1ccc(Cl)cn1. The number of carbonyl (C=O) groups is 1. The van der Waals surface area contributed by atoms with Crippen molar-refractivity contribution in [3.63, 3.8) is 0 Å². The first kappa shape index (κ1) is 28.5. The Hall–Kier alpha value is -2.49. The lowest BCUT2D eigenvalue weighted by Gasteiger charge is -2.42. The Kier molecular flexibility index (Phi) is 7.95. The van der Waals surface area contributed by atoms with Crippen molar-refractivity contribution in [1.29, 1.82) is 0 Å². The number of nitrogens with zero attached hydrogens (tertiary/aromatic N) is 2. The number of amides is 1. The number of methoxy groups -OCH3 is 1. The molecule has 3 aromatic rings. The molecule has 4 rings (SSSR count). The molecule has 1 atom stereocenters. The van der Waals surface area contributed by atoms with Gasteiger partial charge in [0.15, 0.2) is 5.72 Å². The van der Waals surface area contributed by atoms with Gasteiger partial charge in [0.05, 0.1) is 28.5 Å². The number of pyridine rings is 1. The molecule has 0 spiro atoms. The Morgan fingerprint density at radius 1 is 1.05 bits per heavy atom. The molecule has 0 bridgehead atoms. The molecule has 10 heteroatoms. The maximum Gasteiger partial charge on any atom is 0.494 e. The molecular weight excluding hydrogens is 529 g/mol. The van der Waals surface area contributed by atoms with Gasteiger partial charge in [0, 0.05) is 29.5 Å². The van der Waals surface area contributed by atoms with Crippen LogP contribution in [0, 0.1) is 12.7 Å². The summed E-state index contributed by atoms with van der Waals surface area (Å²) >= 11 is 12.2. The number of benzene rings is 2. The number of carbonyl (C=O) groups excluding carboxylic acids is 1. The predicted molar refractivity (Wildman–Crippen MR) is 147 cm³/mol. The summed E-state index contributed by atoms with van der Waals surface area (Å²) in [5, 5.41) is 0.950. The lowest BCUT2D eigenvalue weighted by Crippen LogP contribution is -2.49. The van der Waals surface area contributed by atoms with E-state index >= 15 is 4.39 Å². The summed E-state index contributed by atoms with van der Waals surface area (Å²) in [5.41, 5.74) is -0.511. The van der Waals surface area contributed by atoms with Gasteiger partial charge in [-0.25, -0.2) is 4.39 Å². The lowest BCUT2D eigenvalue weighted by molar-refractivity contribution is -0.150. The van der Waals surface area contributed by atoms with Crippen LogP contribution in [0.15, 0.2) is 54.7 Å². The Morgan fingerprint density at radius 3 is 2.16 bits per heavy atom. The molecule has 0 aliphatic carbocycles. The molecule has 6 nitrogen and oxygen atoms in total. The second-order valence-corrected chi connectivity index (χ2v) is 11.2. The topological polar surface area (TPSA) is 60.9 Å². The van der Waals surface area contributed by atoms with Crippen LogP contribution in [0.5, 0.6) is 0 Å². The first-order valence-corrected chi connectivity index (χ1v) is 12.9. The highest BCUT2D eigenvalue weighted by Crippen LogP contribution is 2.41. The van der Waals surface area contributed by atoms with Gasteiger partial charge in [-0.15, -0.1) is 0 Å². The third kappa shape index (κ3) is 5.08. The van der Waals surface area contributed by atoms with E-state index in [-0.39, 0.29) is 12.1 Å². The van der Waals surface area contributed by atoms with E-state index in [1.807, 2.05) is 27.7 Å². The molecule has 1 aliphatic rings. The zero-order chi connectivity index (χ0) is 27.9. The summed E-state index contributed by atoms with van der Waals surface area (Å²) in [7, 11) is 0.677. The number of ether oxygens (including phenoxy) is 1. The molecule has 1 aliphatic heterocycles. The zero-order valence-electron chi connectivity index (χ0n) is 22.2. The smallest absolute Gasteiger partial charge is 0.399 e. The first-order valence-electron chi connectivity index (χ1n) is 12.1. The fraction of sp³-hybridized carbons (Fsp3) is 0.357. The highest BCUT2D eigenvalue weighted by atomic mass is 35.5. The van der Waals surface area contributed by atoms with Gasteiger partial charge in [-0.2, -0.15) is 0 Å². The van der Waals surface area contributed by atoms with Gasteiger partial charge in [-0.05, 0) is 76.0 Å². The Balaban J connectivity index is 1.87. The maximum atomic E-state index is 16.3. The molecular formula is C28H30BCl2FN2O4. The van der Waals surface area contributed by atoms with Crippen LogP contribution in [0.2, 0.25) is 10.0 Å². The van der Waals surface area contributed by atoms with E-state index in [2.05, 4.69) is 4.98 Å². The number of hydrogen-bond donors (Lipinski definition) is 0. The molecule has 1 unspecified atom stereocenters. The quantitative estimate of drug-likeness (QED) is 0.203. The minimum Gasteiger partial charge on any atom is -0.399 e. The number of halogens is 3. The fourth-order valence-electron chi connectivity index (χ4n) is 4.68. The maximum absolute atomic E-state index is 16.3. The summed E-state index contributed by atoms with van der Waals surface area (Å²) in [4.78, 5) is 18.3. The monoisotopic (exact) mass is 558 g/mol. The minimum absolute atomic E-state index is 0.0228. The van der Waals surface area contributed by atoms with Crippen LogP contribution in [-0.4, -0.2) is 41.7 Å². The van der Waals surface area contributed by atoms with Crippen molar-refractivity contribution in [3.05, 3.63) is 93.0 Å². The van der Waals surface area contributed by atoms with E-state index in [9.17, 15) is 4.79 Å². The largest absolute Gasteiger partial charge is 0.494 e. The van der Waals surface area contributed by atoms with E-state index in [0.29, 0.717) is 38.7 Å². The molecule has 1 saturated heterocycles. The zero-order valence-corrected chi connectivity index (χ0v) is 23.7. The molecule has 1 fully saturated rings. The van der Waals surface area contributed by atoms with Crippen molar-refractivity contribution >= 4 is 42.2 Å². The summed E-state index contributed by atoms with van der Waals surface area (Å²) in [6, 6.07) is 13.3. The predicted octanol–water partition coefficient (Wildman–Crippen LogP) is 5.64. The number of rotatable bonds is 8. The Morgan fingerprint density at radius 2 is 1.66 bits per heavy atom. The first-order chi connectivity index (χ1) is 17.8. The highest BCUT2D eigenvalue weighted by molar-refractivity contribution is 6.62. The van der Waals surface area contributed by atoms with Crippen molar-refractivity contribution in [2.24, 2.45) is 0 Å². The van der Waals surface area contributed by atoms with Crippen LogP contribution >= 0.6 is 23.2 Å². The number of aromatic nitrogens is 1. The van der Waals surface area contributed by atoms with Crippen LogP contribution in [0.3, 0.4) is 0 Å². The summed E-state index contributed by atoms with van der Waals surface area (Å²) < 4.78 is 34.7. The van der Waals surface area contributed by atoms with Gasteiger partial charge < -0.3 is 18.9 Å². The summed E-state index contributed by atoms with van der Waals surface area (Å²) in [5.74, 6) is -0.581.